The quantitative estimate of drug-likeness (QED) is 0.667. The second kappa shape index (κ2) is 532. The van der Waals surface area contributed by atoms with E-state index in [1.807, 2.05) is 0 Å². The van der Waals surface area contributed by atoms with Crippen LogP contribution in [0.1, 0.15) is 0 Å². The average molecular weight is 220 g/mol. The topological polar surface area (TPSA) is 49.7 Å². The molecule has 0 aromatic carbocycles. The highest BCUT2D eigenvalue weighted by atomic mass is 16.4. The van der Waals surface area contributed by atoms with Gasteiger partial charge in [0.15, 0.2) is 0 Å². The Morgan fingerprint density at radius 1 is 0.667 bits per heavy atom. The number of ether oxygens (including phenoxy) is 1. The van der Waals surface area contributed by atoms with Gasteiger partial charge in [-0.3, -0.25) is 0 Å². The van der Waals surface area contributed by atoms with Crippen molar-refractivity contribution in [3.63, 3.8) is 0 Å². The summed E-state index contributed by atoms with van der Waals surface area (Å²) in [5, 5.41) is 15.2. The van der Waals surface area contributed by atoms with E-state index in [1.54, 1.807) is 14.2 Å². The van der Waals surface area contributed by atoms with Crippen LogP contribution in [0, 0.1) is 0 Å². The lowest BCUT2D eigenvalue weighted by Gasteiger charge is -1.70. The second-order valence-electron chi connectivity index (χ2n) is 0.855. The van der Waals surface area contributed by atoms with Crippen molar-refractivity contribution in [2.24, 2.45) is 0 Å². The van der Waals surface area contributed by atoms with Gasteiger partial charge in [-0.2, -0.15) is 0 Å². The third kappa shape index (κ3) is 58900. The number of methoxy groups -OCH3 is 1. The number of hydrogen-bond donors (Lipinski definition) is 2. The van der Waals surface area contributed by atoms with Crippen molar-refractivity contribution < 1.29 is 14.9 Å². The summed E-state index contributed by atoms with van der Waals surface area (Å²) in [7, 11) is 3.25. The molecule has 0 unspecified atom stereocenters. The minimum Gasteiger partial charge on any atom is -0.394 e. The molecule has 2 N–H and O–H groups in total. The lowest BCUT2D eigenvalue weighted by Crippen LogP contribution is -1.85. The van der Waals surface area contributed by atoms with E-state index in [2.05, 4.69) is 57.4 Å². The van der Waals surface area contributed by atoms with Crippen molar-refractivity contribution in [3.05, 3.63) is 52.6 Å². The highest BCUT2D eigenvalue weighted by Gasteiger charge is 1.58. The molecule has 0 aromatic rings. The summed E-state index contributed by atoms with van der Waals surface area (Å²) >= 11 is 0. The van der Waals surface area contributed by atoms with Crippen LogP contribution in [0.5, 0.6) is 0 Å². The molecule has 0 aliphatic carbocycles. The van der Waals surface area contributed by atoms with Crippen molar-refractivity contribution in [1.29, 1.82) is 0 Å². The van der Waals surface area contributed by atoms with Crippen molar-refractivity contribution in [1.82, 2.24) is 0 Å². The summed E-state index contributed by atoms with van der Waals surface area (Å²) in [4.78, 5) is 0. The maximum absolute atomic E-state index is 7.62. The van der Waals surface area contributed by atoms with Gasteiger partial charge in [-0.05, 0) is 0 Å². The first-order chi connectivity index (χ1) is 7.33. The van der Waals surface area contributed by atoms with Crippen LogP contribution in [0.15, 0.2) is 52.6 Å². The lowest BCUT2D eigenvalue weighted by atomic mass is 10.8. The van der Waals surface area contributed by atoms with Crippen molar-refractivity contribution in [2.45, 2.75) is 0 Å². The zero-order valence-electron chi connectivity index (χ0n) is 10.4. The molecule has 0 fully saturated rings. The molecule has 0 bridgehead atoms. The van der Waals surface area contributed by atoms with Gasteiger partial charge in [-0.25, -0.2) is 0 Å². The minimum absolute atomic E-state index is 0.125. The van der Waals surface area contributed by atoms with E-state index in [1.165, 1.54) is 0 Å². The zero-order chi connectivity index (χ0) is 14.1. The van der Waals surface area contributed by atoms with E-state index in [4.69, 9.17) is 10.2 Å². The van der Waals surface area contributed by atoms with Gasteiger partial charge in [0.05, 0.1) is 13.2 Å². The third-order valence-electron chi connectivity index (χ3n) is 0.1000. The predicted molar refractivity (Wildman–Crippen MR) is 72.1 cm³/mol. The van der Waals surface area contributed by atoms with E-state index in [-0.39, 0.29) is 13.2 Å². The molecule has 0 atom stereocenters. The Labute approximate surface area is 95.7 Å². The first-order valence-electron chi connectivity index (χ1n) is 3.95. The fourth-order valence-corrected chi connectivity index (χ4v) is 0. The average Bonchev–Trinajstić information content (AvgIpc) is 2.39. The Kier molecular flexibility index (Phi) is 1320. The molecular weight excluding hydrogens is 192 g/mol. The van der Waals surface area contributed by atoms with E-state index >= 15 is 0 Å². The summed E-state index contributed by atoms with van der Waals surface area (Å²) in [6.45, 7) is 23.8. The molecule has 0 saturated carbocycles. The number of aliphatic hydroxyl groups excluding tert-OH is 2. The Balaban J connectivity index is -0.0000000168. The molecule has 94 valence electrons. The van der Waals surface area contributed by atoms with Gasteiger partial charge in [0.25, 0.3) is 0 Å². The molecule has 0 aliphatic rings. The van der Waals surface area contributed by atoms with Gasteiger partial charge in [0, 0.05) is 14.2 Å². The van der Waals surface area contributed by atoms with Crippen molar-refractivity contribution in [3.8, 4) is 0 Å². The summed E-state index contributed by atoms with van der Waals surface area (Å²) in [5.74, 6) is 0. The maximum Gasteiger partial charge on any atom is 0.0662 e. The standard InChI is InChI=1S/C2H6O2.C2H6O.4C2H4/c3-1-2-4;1-3-2;4*1-2/h3-4H,1-2H2;1-2H3;4*1-2H2. The second-order valence-corrected chi connectivity index (χ2v) is 0.855. The summed E-state index contributed by atoms with van der Waals surface area (Å²) in [6, 6.07) is 0. The van der Waals surface area contributed by atoms with Gasteiger partial charge in [0.1, 0.15) is 0 Å². The lowest BCUT2D eigenvalue weighted by molar-refractivity contribution is 0.186. The molecule has 0 saturated heterocycles. The van der Waals surface area contributed by atoms with Crippen molar-refractivity contribution >= 4 is 0 Å². The van der Waals surface area contributed by atoms with Crippen LogP contribution in [0.2, 0.25) is 0 Å². The normalized spacial score (nSPS) is 4.27. The number of rotatable bonds is 1. The van der Waals surface area contributed by atoms with E-state index in [0.717, 1.165) is 0 Å². The molecule has 15 heavy (non-hydrogen) atoms. The van der Waals surface area contributed by atoms with Gasteiger partial charge < -0.3 is 14.9 Å². The SMILES string of the molecule is C=C.C=C.C=C.C=C.COC.OCCO. The Bertz CT molecular complexity index is 40.1. The molecular formula is C12H28O3. The van der Waals surface area contributed by atoms with Crippen LogP contribution in [-0.2, 0) is 4.74 Å². The van der Waals surface area contributed by atoms with Crippen LogP contribution < -0.4 is 0 Å². The zero-order valence-corrected chi connectivity index (χ0v) is 10.4. The van der Waals surface area contributed by atoms with Crippen LogP contribution >= 0.6 is 0 Å². The first kappa shape index (κ1) is 37.1. The summed E-state index contributed by atoms with van der Waals surface area (Å²) in [6.07, 6.45) is 0. The van der Waals surface area contributed by atoms with E-state index in [0.29, 0.717) is 0 Å². The molecule has 0 amide bonds. The van der Waals surface area contributed by atoms with E-state index < -0.39 is 0 Å². The van der Waals surface area contributed by atoms with Crippen LogP contribution in [0.4, 0.5) is 0 Å². The molecule has 3 nitrogen and oxygen atoms in total. The summed E-state index contributed by atoms with van der Waals surface area (Å²) < 4.78 is 4.25. The molecule has 0 heterocycles. The smallest absolute Gasteiger partial charge is 0.0662 e. The third-order valence-corrected chi connectivity index (χ3v) is 0.1000. The van der Waals surface area contributed by atoms with Crippen LogP contribution in [0.3, 0.4) is 0 Å². The summed E-state index contributed by atoms with van der Waals surface area (Å²) in [5.41, 5.74) is 0. The van der Waals surface area contributed by atoms with Crippen LogP contribution in [0.25, 0.3) is 0 Å². The van der Waals surface area contributed by atoms with Gasteiger partial charge in [-0.1, -0.05) is 0 Å². The fourth-order valence-electron chi connectivity index (χ4n) is 0. The Hall–Kier alpha value is -1.16. The van der Waals surface area contributed by atoms with Crippen LogP contribution in [-0.4, -0.2) is 37.6 Å². The predicted octanol–water partition coefficient (Wildman–Crippen LogP) is 2.44. The number of aliphatic hydroxyl groups is 2. The fraction of sp³-hybridized carbons (Fsp3) is 0.333. The van der Waals surface area contributed by atoms with Gasteiger partial charge in [0.2, 0.25) is 0 Å². The highest BCUT2D eigenvalue weighted by Crippen LogP contribution is 1.39. The molecule has 3 heteroatoms. The maximum atomic E-state index is 7.62. The highest BCUT2D eigenvalue weighted by molar-refractivity contribution is 4.23. The molecule has 0 radical (unpaired) electrons. The monoisotopic (exact) mass is 220 g/mol. The Morgan fingerprint density at radius 2 is 0.733 bits per heavy atom. The number of hydrogen-bond acceptors (Lipinski definition) is 3. The molecule has 0 aliphatic heterocycles. The van der Waals surface area contributed by atoms with Gasteiger partial charge >= 0.3 is 0 Å². The first-order valence-corrected chi connectivity index (χ1v) is 3.95. The van der Waals surface area contributed by atoms with Gasteiger partial charge in [-0.15, -0.1) is 52.6 Å². The largest absolute Gasteiger partial charge is 0.394 e. The Morgan fingerprint density at radius 3 is 0.733 bits per heavy atom. The van der Waals surface area contributed by atoms with Crippen molar-refractivity contribution in [2.75, 3.05) is 27.4 Å². The van der Waals surface area contributed by atoms with E-state index in [9.17, 15) is 0 Å². The molecule has 0 rings (SSSR count). The molecule has 0 aromatic heterocycles. The molecule has 0 spiro atoms. The minimum atomic E-state index is -0.125.